The van der Waals surface area contributed by atoms with E-state index in [4.69, 9.17) is 0 Å². The molecule has 0 radical (unpaired) electrons. The third kappa shape index (κ3) is 3.89. The van der Waals surface area contributed by atoms with Crippen molar-refractivity contribution in [2.24, 2.45) is 0 Å². The van der Waals surface area contributed by atoms with Crippen LogP contribution in [0.5, 0.6) is 0 Å². The van der Waals surface area contributed by atoms with Gasteiger partial charge in [-0.3, -0.25) is 4.79 Å². The fourth-order valence-electron chi connectivity index (χ4n) is 1.61. The Bertz CT molecular complexity index is 506. The molecule has 2 N–H and O–H groups in total. The smallest absolute Gasteiger partial charge is 0.238 e. The summed E-state index contributed by atoms with van der Waals surface area (Å²) < 4.78 is 0. The van der Waals surface area contributed by atoms with Gasteiger partial charge >= 0.3 is 0 Å². The SMILES string of the molecule is CCCNCC(=O)Nc1ccc(-n2nccn2)cc1. The summed E-state index contributed by atoms with van der Waals surface area (Å²) in [5, 5.41) is 13.9. The number of rotatable bonds is 6. The Kier molecular flexibility index (Phi) is 4.63. The van der Waals surface area contributed by atoms with E-state index in [2.05, 4.69) is 27.8 Å². The van der Waals surface area contributed by atoms with Crippen molar-refractivity contribution in [3.8, 4) is 5.69 Å². The summed E-state index contributed by atoms with van der Waals surface area (Å²) in [4.78, 5) is 13.1. The topological polar surface area (TPSA) is 71.8 Å². The van der Waals surface area contributed by atoms with Gasteiger partial charge in [-0.25, -0.2) is 0 Å². The van der Waals surface area contributed by atoms with E-state index in [1.165, 1.54) is 4.80 Å². The summed E-state index contributed by atoms with van der Waals surface area (Å²) >= 11 is 0. The molecule has 1 heterocycles. The van der Waals surface area contributed by atoms with E-state index in [1.54, 1.807) is 12.4 Å². The zero-order chi connectivity index (χ0) is 13.5. The van der Waals surface area contributed by atoms with Crippen LogP contribution in [0.25, 0.3) is 5.69 Å². The molecule has 0 atom stereocenters. The second kappa shape index (κ2) is 6.65. The number of nitrogens with zero attached hydrogens (tertiary/aromatic N) is 3. The molecular formula is C13H17N5O. The van der Waals surface area contributed by atoms with Crippen LogP contribution >= 0.6 is 0 Å². The number of anilines is 1. The zero-order valence-corrected chi connectivity index (χ0v) is 10.8. The molecule has 0 aliphatic carbocycles. The van der Waals surface area contributed by atoms with Crippen LogP contribution in [0.2, 0.25) is 0 Å². The first-order valence-electron chi connectivity index (χ1n) is 6.27. The van der Waals surface area contributed by atoms with Gasteiger partial charge < -0.3 is 10.6 Å². The normalized spacial score (nSPS) is 10.4. The molecule has 0 unspecified atom stereocenters. The summed E-state index contributed by atoms with van der Waals surface area (Å²) in [5.74, 6) is -0.0431. The average molecular weight is 259 g/mol. The first-order valence-corrected chi connectivity index (χ1v) is 6.27. The number of hydrogen-bond acceptors (Lipinski definition) is 4. The second-order valence-electron chi connectivity index (χ2n) is 4.09. The van der Waals surface area contributed by atoms with E-state index in [1.807, 2.05) is 24.3 Å². The minimum absolute atomic E-state index is 0.0431. The average Bonchev–Trinajstić information content (AvgIpc) is 2.94. The molecule has 1 amide bonds. The summed E-state index contributed by atoms with van der Waals surface area (Å²) in [6.45, 7) is 3.24. The Balaban J connectivity index is 1.90. The third-order valence-electron chi connectivity index (χ3n) is 2.51. The van der Waals surface area contributed by atoms with Gasteiger partial charge in [0.05, 0.1) is 24.6 Å². The second-order valence-corrected chi connectivity index (χ2v) is 4.09. The van der Waals surface area contributed by atoms with Crippen LogP contribution in [0.1, 0.15) is 13.3 Å². The minimum Gasteiger partial charge on any atom is -0.325 e. The Morgan fingerprint density at radius 3 is 2.53 bits per heavy atom. The zero-order valence-electron chi connectivity index (χ0n) is 10.8. The Hall–Kier alpha value is -2.21. The van der Waals surface area contributed by atoms with E-state index < -0.39 is 0 Å². The first kappa shape index (κ1) is 13.2. The van der Waals surface area contributed by atoms with Crippen LogP contribution in [0.15, 0.2) is 36.7 Å². The van der Waals surface area contributed by atoms with Crippen molar-refractivity contribution in [3.05, 3.63) is 36.7 Å². The highest BCUT2D eigenvalue weighted by atomic mass is 16.1. The molecule has 1 aromatic carbocycles. The minimum atomic E-state index is -0.0431. The summed E-state index contributed by atoms with van der Waals surface area (Å²) in [7, 11) is 0. The fraction of sp³-hybridized carbons (Fsp3) is 0.308. The quantitative estimate of drug-likeness (QED) is 0.765. The molecular weight excluding hydrogens is 242 g/mol. The number of carbonyl (C=O) groups excluding carboxylic acids is 1. The van der Waals surface area contributed by atoms with Gasteiger partial charge in [0.25, 0.3) is 0 Å². The van der Waals surface area contributed by atoms with Crippen molar-refractivity contribution in [1.82, 2.24) is 20.3 Å². The maximum absolute atomic E-state index is 11.6. The van der Waals surface area contributed by atoms with Crippen molar-refractivity contribution >= 4 is 11.6 Å². The van der Waals surface area contributed by atoms with Crippen molar-refractivity contribution in [2.75, 3.05) is 18.4 Å². The maximum Gasteiger partial charge on any atom is 0.238 e. The predicted octanol–water partition coefficient (Wildman–Crippen LogP) is 1.21. The molecule has 2 aromatic rings. The number of benzene rings is 1. The van der Waals surface area contributed by atoms with E-state index >= 15 is 0 Å². The molecule has 2 rings (SSSR count). The lowest BCUT2D eigenvalue weighted by Gasteiger charge is -2.06. The van der Waals surface area contributed by atoms with E-state index in [9.17, 15) is 4.79 Å². The largest absolute Gasteiger partial charge is 0.325 e. The van der Waals surface area contributed by atoms with E-state index in [0.29, 0.717) is 6.54 Å². The van der Waals surface area contributed by atoms with Gasteiger partial charge in [-0.2, -0.15) is 15.0 Å². The van der Waals surface area contributed by atoms with E-state index in [0.717, 1.165) is 24.3 Å². The van der Waals surface area contributed by atoms with Crippen LogP contribution in [0.3, 0.4) is 0 Å². The molecule has 6 heteroatoms. The van der Waals surface area contributed by atoms with Gasteiger partial charge in [-0.1, -0.05) is 6.92 Å². The first-order chi connectivity index (χ1) is 9.29. The molecule has 100 valence electrons. The fourth-order valence-corrected chi connectivity index (χ4v) is 1.61. The van der Waals surface area contributed by atoms with Gasteiger partial charge in [-0.15, -0.1) is 0 Å². The van der Waals surface area contributed by atoms with Crippen molar-refractivity contribution in [1.29, 1.82) is 0 Å². The van der Waals surface area contributed by atoms with E-state index in [-0.39, 0.29) is 5.91 Å². The molecule has 19 heavy (non-hydrogen) atoms. The highest BCUT2D eigenvalue weighted by Crippen LogP contribution is 2.11. The Labute approximate surface area is 111 Å². The van der Waals surface area contributed by atoms with Crippen molar-refractivity contribution < 1.29 is 4.79 Å². The molecule has 0 aliphatic heterocycles. The van der Waals surface area contributed by atoms with Crippen molar-refractivity contribution in [2.45, 2.75) is 13.3 Å². The molecule has 0 bridgehead atoms. The highest BCUT2D eigenvalue weighted by Gasteiger charge is 2.02. The lowest BCUT2D eigenvalue weighted by Crippen LogP contribution is -2.28. The van der Waals surface area contributed by atoms with Crippen LogP contribution in [-0.4, -0.2) is 34.0 Å². The lowest BCUT2D eigenvalue weighted by atomic mass is 10.3. The predicted molar refractivity (Wildman–Crippen MR) is 73.1 cm³/mol. The van der Waals surface area contributed by atoms with Crippen molar-refractivity contribution in [3.63, 3.8) is 0 Å². The molecule has 6 nitrogen and oxygen atoms in total. The Morgan fingerprint density at radius 1 is 1.21 bits per heavy atom. The number of nitrogens with one attached hydrogen (secondary N) is 2. The van der Waals surface area contributed by atoms with Gasteiger partial charge in [-0.05, 0) is 37.2 Å². The molecule has 0 saturated heterocycles. The lowest BCUT2D eigenvalue weighted by molar-refractivity contribution is -0.115. The Morgan fingerprint density at radius 2 is 1.89 bits per heavy atom. The molecule has 1 aromatic heterocycles. The summed E-state index contributed by atoms with van der Waals surface area (Å²) in [5.41, 5.74) is 1.62. The van der Waals surface area contributed by atoms with Gasteiger partial charge in [0.2, 0.25) is 5.91 Å². The summed E-state index contributed by atoms with van der Waals surface area (Å²) in [6.07, 6.45) is 4.25. The monoisotopic (exact) mass is 259 g/mol. The number of hydrogen-bond donors (Lipinski definition) is 2. The van der Waals surface area contributed by atoms with Gasteiger partial charge in [0.1, 0.15) is 0 Å². The van der Waals surface area contributed by atoms with Gasteiger partial charge in [0.15, 0.2) is 0 Å². The molecule has 0 spiro atoms. The molecule has 0 aliphatic rings. The highest BCUT2D eigenvalue weighted by molar-refractivity contribution is 5.92. The van der Waals surface area contributed by atoms with Gasteiger partial charge in [0, 0.05) is 5.69 Å². The standard InChI is InChI=1S/C13H17N5O/c1-2-7-14-10-13(19)17-11-3-5-12(6-4-11)18-15-8-9-16-18/h3-6,8-9,14H,2,7,10H2,1H3,(H,17,19). The molecule has 0 saturated carbocycles. The number of carbonyl (C=O) groups is 1. The number of amides is 1. The molecule has 0 fully saturated rings. The number of aromatic nitrogens is 3. The van der Waals surface area contributed by atoms with Crippen LogP contribution < -0.4 is 10.6 Å². The van der Waals surface area contributed by atoms with Crippen LogP contribution in [-0.2, 0) is 4.79 Å². The third-order valence-corrected chi connectivity index (χ3v) is 2.51. The maximum atomic E-state index is 11.6. The summed E-state index contributed by atoms with van der Waals surface area (Å²) in [6, 6.07) is 7.37. The van der Waals surface area contributed by atoms with Crippen LogP contribution in [0, 0.1) is 0 Å². The van der Waals surface area contributed by atoms with Crippen LogP contribution in [0.4, 0.5) is 5.69 Å².